The molecule has 1 aromatic rings. The van der Waals surface area contributed by atoms with Crippen LogP contribution in [0, 0.1) is 10.1 Å². The highest BCUT2D eigenvalue weighted by molar-refractivity contribution is 5.57. The molecule has 2 N–H and O–H groups in total. The minimum atomic E-state index is -0.432. The zero-order valence-corrected chi connectivity index (χ0v) is 12.5. The number of anilines is 1. The zero-order valence-electron chi connectivity index (χ0n) is 12.5. The zero-order chi connectivity index (χ0) is 15.5. The van der Waals surface area contributed by atoms with Gasteiger partial charge in [0.05, 0.1) is 29.2 Å². The lowest BCUT2D eigenvalue weighted by Gasteiger charge is -2.29. The number of nitrogens with zero attached hydrogens (tertiary/aromatic N) is 1. The van der Waals surface area contributed by atoms with Gasteiger partial charge in [-0.1, -0.05) is 12.8 Å². The van der Waals surface area contributed by atoms with Gasteiger partial charge < -0.3 is 15.2 Å². The number of nitrogens with one attached hydrogen (secondary N) is 1. The van der Waals surface area contributed by atoms with Crippen LogP contribution in [-0.4, -0.2) is 28.3 Å². The first-order valence-corrected chi connectivity index (χ1v) is 7.29. The first-order chi connectivity index (χ1) is 9.94. The molecular weight excluding hydrogens is 272 g/mol. The molecule has 0 saturated heterocycles. The number of benzene rings is 1. The molecule has 1 aromatic carbocycles. The van der Waals surface area contributed by atoms with Gasteiger partial charge in [0.15, 0.2) is 0 Å². The van der Waals surface area contributed by atoms with Gasteiger partial charge in [0.1, 0.15) is 5.75 Å². The summed E-state index contributed by atoms with van der Waals surface area (Å²) in [7, 11) is 0. The van der Waals surface area contributed by atoms with Crippen LogP contribution in [0.4, 0.5) is 11.4 Å². The van der Waals surface area contributed by atoms with E-state index in [1.165, 1.54) is 12.1 Å². The summed E-state index contributed by atoms with van der Waals surface area (Å²) in [6, 6.07) is 4.66. The monoisotopic (exact) mass is 294 g/mol. The summed E-state index contributed by atoms with van der Waals surface area (Å²) in [5.74, 6) is 0.466. The predicted octanol–water partition coefficient (Wildman–Crippen LogP) is 3.10. The van der Waals surface area contributed by atoms with Crippen LogP contribution in [0.2, 0.25) is 0 Å². The molecule has 0 aliphatic heterocycles. The fourth-order valence-corrected chi connectivity index (χ4v) is 2.78. The molecule has 21 heavy (non-hydrogen) atoms. The summed E-state index contributed by atoms with van der Waals surface area (Å²) in [6.45, 7) is 3.77. The van der Waals surface area contributed by atoms with Crippen molar-refractivity contribution in [3.05, 3.63) is 28.3 Å². The van der Waals surface area contributed by atoms with E-state index in [0.29, 0.717) is 11.4 Å². The molecule has 0 amide bonds. The molecule has 0 spiro atoms. The number of aliphatic hydroxyl groups is 1. The van der Waals surface area contributed by atoms with Gasteiger partial charge in [-0.2, -0.15) is 0 Å². The van der Waals surface area contributed by atoms with Gasteiger partial charge in [-0.25, -0.2) is 0 Å². The first-order valence-electron chi connectivity index (χ1n) is 7.29. The van der Waals surface area contributed by atoms with Crippen molar-refractivity contribution in [3.63, 3.8) is 0 Å². The fraction of sp³-hybridized carbons (Fsp3) is 0.600. The Hall–Kier alpha value is -1.82. The van der Waals surface area contributed by atoms with Gasteiger partial charge in [0.25, 0.3) is 5.69 Å². The van der Waals surface area contributed by atoms with E-state index in [0.717, 1.165) is 25.7 Å². The lowest BCUT2D eigenvalue weighted by molar-refractivity contribution is -0.384. The van der Waals surface area contributed by atoms with Crippen LogP contribution in [0.15, 0.2) is 18.2 Å². The summed E-state index contributed by atoms with van der Waals surface area (Å²) in [4.78, 5) is 10.6. The Labute approximate surface area is 124 Å². The maximum absolute atomic E-state index is 11.1. The molecule has 0 atom stereocenters. The predicted molar refractivity (Wildman–Crippen MR) is 80.8 cm³/mol. The third-order valence-corrected chi connectivity index (χ3v) is 3.75. The maximum atomic E-state index is 11.1. The van der Waals surface area contributed by atoms with E-state index in [4.69, 9.17) is 4.74 Å². The van der Waals surface area contributed by atoms with Crippen LogP contribution in [0.1, 0.15) is 39.5 Å². The SMILES string of the molecule is CC(C)Oc1cc(NC2(CO)CCCC2)cc([N+](=O)[O-])c1. The van der Waals surface area contributed by atoms with E-state index in [1.54, 1.807) is 6.07 Å². The second kappa shape index (κ2) is 6.30. The molecule has 2 rings (SSSR count). The Kier molecular flexibility index (Phi) is 4.67. The highest BCUT2D eigenvalue weighted by Crippen LogP contribution is 2.35. The molecule has 1 fully saturated rings. The van der Waals surface area contributed by atoms with Crippen molar-refractivity contribution in [2.75, 3.05) is 11.9 Å². The average molecular weight is 294 g/mol. The molecule has 0 bridgehead atoms. The van der Waals surface area contributed by atoms with Crippen LogP contribution < -0.4 is 10.1 Å². The number of rotatable bonds is 6. The van der Waals surface area contributed by atoms with E-state index in [-0.39, 0.29) is 23.9 Å². The third kappa shape index (κ3) is 3.85. The topological polar surface area (TPSA) is 84.6 Å². The second-order valence-corrected chi connectivity index (χ2v) is 5.91. The number of nitro benzene ring substituents is 1. The molecule has 0 aromatic heterocycles. The van der Waals surface area contributed by atoms with Crippen LogP contribution in [-0.2, 0) is 0 Å². The van der Waals surface area contributed by atoms with E-state index >= 15 is 0 Å². The summed E-state index contributed by atoms with van der Waals surface area (Å²) < 4.78 is 5.57. The van der Waals surface area contributed by atoms with Crippen LogP contribution >= 0.6 is 0 Å². The van der Waals surface area contributed by atoms with Crippen LogP contribution in [0.5, 0.6) is 5.75 Å². The van der Waals surface area contributed by atoms with Gasteiger partial charge in [0, 0.05) is 17.8 Å². The molecule has 6 heteroatoms. The van der Waals surface area contributed by atoms with E-state index < -0.39 is 4.92 Å². The minimum absolute atomic E-state index is 0.0123. The largest absolute Gasteiger partial charge is 0.491 e. The van der Waals surface area contributed by atoms with Crippen molar-refractivity contribution in [2.45, 2.75) is 51.2 Å². The van der Waals surface area contributed by atoms with Gasteiger partial charge in [0.2, 0.25) is 0 Å². The van der Waals surface area contributed by atoms with Crippen molar-refractivity contribution in [1.82, 2.24) is 0 Å². The Morgan fingerprint density at radius 1 is 1.38 bits per heavy atom. The Morgan fingerprint density at radius 3 is 2.57 bits per heavy atom. The van der Waals surface area contributed by atoms with E-state index in [2.05, 4.69) is 5.32 Å². The van der Waals surface area contributed by atoms with Crippen LogP contribution in [0.25, 0.3) is 0 Å². The molecule has 1 saturated carbocycles. The number of nitro groups is 1. The van der Waals surface area contributed by atoms with Crippen molar-refractivity contribution in [1.29, 1.82) is 0 Å². The molecule has 1 aliphatic rings. The number of ether oxygens (including phenoxy) is 1. The highest BCUT2D eigenvalue weighted by atomic mass is 16.6. The lowest BCUT2D eigenvalue weighted by Crippen LogP contribution is -2.39. The van der Waals surface area contributed by atoms with Gasteiger partial charge in [-0.05, 0) is 26.7 Å². The molecule has 116 valence electrons. The molecular formula is C15H22N2O4. The summed E-state index contributed by atoms with van der Waals surface area (Å²) >= 11 is 0. The van der Waals surface area contributed by atoms with Crippen LogP contribution in [0.3, 0.4) is 0 Å². The Morgan fingerprint density at radius 2 is 2.05 bits per heavy atom. The normalized spacial score (nSPS) is 17.0. The standard InChI is InChI=1S/C15H22N2O4/c1-11(2)21-14-8-12(7-13(9-14)17(19)20)16-15(10-18)5-3-4-6-15/h7-9,11,16,18H,3-6,10H2,1-2H3. The second-order valence-electron chi connectivity index (χ2n) is 5.91. The smallest absolute Gasteiger partial charge is 0.275 e. The van der Waals surface area contributed by atoms with Crippen molar-refractivity contribution in [3.8, 4) is 5.75 Å². The number of hydrogen-bond donors (Lipinski definition) is 2. The molecule has 0 radical (unpaired) electrons. The fourth-order valence-electron chi connectivity index (χ4n) is 2.78. The number of non-ortho nitro benzene ring substituents is 1. The molecule has 0 heterocycles. The Bertz CT molecular complexity index is 510. The molecule has 0 unspecified atom stereocenters. The third-order valence-electron chi connectivity index (χ3n) is 3.75. The quantitative estimate of drug-likeness (QED) is 0.622. The summed E-state index contributed by atoms with van der Waals surface area (Å²) in [5.41, 5.74) is 0.238. The number of aliphatic hydroxyl groups excluding tert-OH is 1. The maximum Gasteiger partial charge on any atom is 0.275 e. The van der Waals surface area contributed by atoms with E-state index in [9.17, 15) is 15.2 Å². The van der Waals surface area contributed by atoms with Gasteiger partial charge in [-0.3, -0.25) is 10.1 Å². The number of hydrogen-bond acceptors (Lipinski definition) is 5. The Balaban J connectivity index is 2.28. The van der Waals surface area contributed by atoms with E-state index in [1.807, 2.05) is 13.8 Å². The highest BCUT2D eigenvalue weighted by Gasteiger charge is 2.33. The molecule has 1 aliphatic carbocycles. The summed E-state index contributed by atoms with van der Waals surface area (Å²) in [5, 5.41) is 24.0. The van der Waals surface area contributed by atoms with Crippen molar-refractivity contribution < 1.29 is 14.8 Å². The average Bonchev–Trinajstić information content (AvgIpc) is 2.86. The summed E-state index contributed by atoms with van der Waals surface area (Å²) in [6.07, 6.45) is 3.78. The van der Waals surface area contributed by atoms with Gasteiger partial charge in [-0.15, -0.1) is 0 Å². The van der Waals surface area contributed by atoms with Crippen molar-refractivity contribution in [2.24, 2.45) is 0 Å². The lowest BCUT2D eigenvalue weighted by atomic mass is 9.98. The first kappa shape index (κ1) is 15.6. The molecule has 6 nitrogen and oxygen atoms in total. The van der Waals surface area contributed by atoms with Gasteiger partial charge >= 0.3 is 0 Å². The minimum Gasteiger partial charge on any atom is -0.491 e. The van der Waals surface area contributed by atoms with Crippen molar-refractivity contribution >= 4 is 11.4 Å².